The highest BCUT2D eigenvalue weighted by atomic mass is 16.3. The van der Waals surface area contributed by atoms with E-state index in [9.17, 15) is 5.11 Å². The third-order valence-electron chi connectivity index (χ3n) is 4.67. The standard InChI is InChI=1S/C18H20N4O2/c1-10-13-4-2-3-5-15(13)24-16(10)9-20-17-8-14(21-18(19)22-17)11-6-12(23)7-11/h2-5,8,11-12,23H,6-7,9H2,1H3,(H3,19,20,21,22). The maximum absolute atomic E-state index is 9.47. The zero-order valence-electron chi connectivity index (χ0n) is 13.5. The van der Waals surface area contributed by atoms with Crippen molar-refractivity contribution < 1.29 is 9.52 Å². The number of hydrogen-bond acceptors (Lipinski definition) is 6. The first kappa shape index (κ1) is 15.0. The van der Waals surface area contributed by atoms with Gasteiger partial charge in [0.1, 0.15) is 17.2 Å². The van der Waals surface area contributed by atoms with Crippen LogP contribution in [0.3, 0.4) is 0 Å². The molecule has 0 unspecified atom stereocenters. The van der Waals surface area contributed by atoms with E-state index in [1.165, 1.54) is 0 Å². The first-order valence-electron chi connectivity index (χ1n) is 8.13. The van der Waals surface area contributed by atoms with E-state index in [1.54, 1.807) is 0 Å². The number of aliphatic hydroxyl groups excluding tert-OH is 1. The maximum atomic E-state index is 9.47. The lowest BCUT2D eigenvalue weighted by Gasteiger charge is -2.30. The number of fused-ring (bicyclic) bond motifs is 1. The van der Waals surface area contributed by atoms with Crippen LogP contribution in [0.5, 0.6) is 0 Å². The van der Waals surface area contributed by atoms with Crippen molar-refractivity contribution in [3.63, 3.8) is 0 Å². The molecule has 1 aliphatic carbocycles. The van der Waals surface area contributed by atoms with E-state index in [-0.39, 0.29) is 18.0 Å². The number of hydrogen-bond donors (Lipinski definition) is 3. The Kier molecular flexibility index (Phi) is 3.61. The summed E-state index contributed by atoms with van der Waals surface area (Å²) in [6.45, 7) is 2.59. The fraction of sp³-hybridized carbons (Fsp3) is 0.333. The number of nitrogens with two attached hydrogens (primary N) is 1. The number of nitrogen functional groups attached to an aromatic ring is 1. The number of rotatable bonds is 4. The third kappa shape index (κ3) is 2.69. The Morgan fingerprint density at radius 2 is 2.08 bits per heavy atom. The number of nitrogens with one attached hydrogen (secondary N) is 1. The molecule has 0 spiro atoms. The minimum atomic E-state index is -0.221. The highest BCUT2D eigenvalue weighted by Crippen LogP contribution is 2.36. The average molecular weight is 324 g/mol. The van der Waals surface area contributed by atoms with Gasteiger partial charge in [-0.3, -0.25) is 0 Å². The zero-order chi connectivity index (χ0) is 16.7. The molecule has 2 aromatic heterocycles. The van der Waals surface area contributed by atoms with Crippen molar-refractivity contribution >= 4 is 22.7 Å². The summed E-state index contributed by atoms with van der Waals surface area (Å²) < 4.78 is 5.90. The summed E-state index contributed by atoms with van der Waals surface area (Å²) in [5.74, 6) is 2.07. The summed E-state index contributed by atoms with van der Waals surface area (Å²) in [4.78, 5) is 8.53. The summed E-state index contributed by atoms with van der Waals surface area (Å²) in [6, 6.07) is 9.90. The van der Waals surface area contributed by atoms with E-state index in [0.717, 1.165) is 40.8 Å². The van der Waals surface area contributed by atoms with Crippen molar-refractivity contribution in [2.45, 2.75) is 38.3 Å². The van der Waals surface area contributed by atoms with Gasteiger partial charge < -0.3 is 20.6 Å². The van der Waals surface area contributed by atoms with Gasteiger partial charge in [-0.1, -0.05) is 18.2 Å². The average Bonchev–Trinajstić information content (AvgIpc) is 2.86. The number of aliphatic hydroxyl groups is 1. The molecule has 1 saturated carbocycles. The van der Waals surface area contributed by atoms with Crippen LogP contribution in [-0.2, 0) is 6.54 Å². The fourth-order valence-corrected chi connectivity index (χ4v) is 3.18. The van der Waals surface area contributed by atoms with E-state index in [2.05, 4.69) is 28.3 Å². The topological polar surface area (TPSA) is 97.2 Å². The molecule has 0 radical (unpaired) electrons. The molecule has 24 heavy (non-hydrogen) atoms. The molecular weight excluding hydrogens is 304 g/mol. The summed E-state index contributed by atoms with van der Waals surface area (Å²) in [7, 11) is 0. The van der Waals surface area contributed by atoms with Crippen LogP contribution in [0.1, 0.15) is 35.8 Å². The number of para-hydroxylation sites is 1. The smallest absolute Gasteiger partial charge is 0.222 e. The quantitative estimate of drug-likeness (QED) is 0.682. The number of furan rings is 1. The molecule has 0 amide bonds. The highest BCUT2D eigenvalue weighted by Gasteiger charge is 2.30. The Morgan fingerprint density at radius 1 is 1.29 bits per heavy atom. The molecule has 0 aliphatic heterocycles. The van der Waals surface area contributed by atoms with Gasteiger partial charge >= 0.3 is 0 Å². The van der Waals surface area contributed by atoms with Crippen molar-refractivity contribution in [1.29, 1.82) is 0 Å². The minimum absolute atomic E-state index is 0.221. The second-order valence-corrected chi connectivity index (χ2v) is 6.36. The SMILES string of the molecule is Cc1c(CNc2cc(C3CC(O)C3)nc(N)n2)oc2ccccc12. The lowest BCUT2D eigenvalue weighted by Crippen LogP contribution is -2.27. The highest BCUT2D eigenvalue weighted by molar-refractivity contribution is 5.81. The predicted octanol–water partition coefficient (Wildman–Crippen LogP) is 2.96. The van der Waals surface area contributed by atoms with E-state index >= 15 is 0 Å². The Bertz CT molecular complexity index is 884. The van der Waals surface area contributed by atoms with E-state index < -0.39 is 0 Å². The number of aryl methyl sites for hydroxylation is 1. The van der Waals surface area contributed by atoms with Gasteiger partial charge in [0.15, 0.2) is 0 Å². The summed E-state index contributed by atoms with van der Waals surface area (Å²) in [6.07, 6.45) is 1.25. The van der Waals surface area contributed by atoms with Gasteiger partial charge in [0.05, 0.1) is 18.3 Å². The normalized spacial score (nSPS) is 20.1. The minimum Gasteiger partial charge on any atom is -0.459 e. The van der Waals surface area contributed by atoms with E-state index in [0.29, 0.717) is 12.4 Å². The molecule has 6 heteroatoms. The van der Waals surface area contributed by atoms with E-state index in [4.69, 9.17) is 10.2 Å². The molecule has 0 bridgehead atoms. The van der Waals surface area contributed by atoms with Crippen molar-refractivity contribution in [1.82, 2.24) is 9.97 Å². The van der Waals surface area contributed by atoms with Gasteiger partial charge in [-0.25, -0.2) is 4.98 Å². The molecule has 0 saturated heterocycles. The number of benzene rings is 1. The van der Waals surface area contributed by atoms with Gasteiger partial charge in [0.25, 0.3) is 0 Å². The first-order valence-corrected chi connectivity index (χ1v) is 8.13. The Morgan fingerprint density at radius 3 is 2.83 bits per heavy atom. The van der Waals surface area contributed by atoms with Crippen LogP contribution < -0.4 is 11.1 Å². The monoisotopic (exact) mass is 324 g/mol. The fourth-order valence-electron chi connectivity index (χ4n) is 3.18. The van der Waals surface area contributed by atoms with Crippen LogP contribution in [0, 0.1) is 6.92 Å². The van der Waals surface area contributed by atoms with Gasteiger partial charge in [0.2, 0.25) is 5.95 Å². The van der Waals surface area contributed by atoms with Crippen LogP contribution in [0.15, 0.2) is 34.7 Å². The summed E-state index contributed by atoms with van der Waals surface area (Å²) in [5.41, 5.74) is 8.72. The van der Waals surface area contributed by atoms with Crippen molar-refractivity contribution in [3.8, 4) is 0 Å². The summed E-state index contributed by atoms with van der Waals surface area (Å²) in [5, 5.41) is 13.9. The maximum Gasteiger partial charge on any atom is 0.222 e. The Balaban J connectivity index is 1.53. The third-order valence-corrected chi connectivity index (χ3v) is 4.67. The van der Waals surface area contributed by atoms with Crippen LogP contribution in [0.4, 0.5) is 11.8 Å². The van der Waals surface area contributed by atoms with Gasteiger partial charge in [-0.15, -0.1) is 0 Å². The molecule has 1 aliphatic rings. The Hall–Kier alpha value is -2.60. The van der Waals surface area contributed by atoms with Crippen LogP contribution in [0.25, 0.3) is 11.0 Å². The molecule has 4 N–H and O–H groups in total. The molecular formula is C18H20N4O2. The molecule has 1 fully saturated rings. The largest absolute Gasteiger partial charge is 0.459 e. The lowest BCUT2D eigenvalue weighted by atomic mass is 9.80. The zero-order valence-corrected chi connectivity index (χ0v) is 13.5. The predicted molar refractivity (Wildman–Crippen MR) is 92.7 cm³/mol. The second kappa shape index (κ2) is 5.79. The molecule has 1 aromatic carbocycles. The molecule has 124 valence electrons. The van der Waals surface area contributed by atoms with Crippen LogP contribution >= 0.6 is 0 Å². The van der Waals surface area contributed by atoms with Gasteiger partial charge in [0, 0.05) is 22.9 Å². The first-order chi connectivity index (χ1) is 11.6. The van der Waals surface area contributed by atoms with E-state index in [1.807, 2.05) is 24.3 Å². The van der Waals surface area contributed by atoms with Crippen molar-refractivity contribution in [2.24, 2.45) is 0 Å². The number of aromatic nitrogens is 2. The molecule has 0 atom stereocenters. The van der Waals surface area contributed by atoms with Crippen LogP contribution in [0.2, 0.25) is 0 Å². The number of nitrogens with zero attached hydrogens (tertiary/aromatic N) is 2. The van der Waals surface area contributed by atoms with Crippen LogP contribution in [-0.4, -0.2) is 21.2 Å². The van der Waals surface area contributed by atoms with Gasteiger partial charge in [-0.05, 0) is 25.8 Å². The summed E-state index contributed by atoms with van der Waals surface area (Å²) >= 11 is 0. The number of anilines is 2. The molecule has 3 aromatic rings. The lowest BCUT2D eigenvalue weighted by molar-refractivity contribution is 0.0732. The Labute approximate surface area is 139 Å². The molecule has 2 heterocycles. The van der Waals surface area contributed by atoms with Gasteiger partial charge in [-0.2, -0.15) is 4.98 Å². The molecule has 6 nitrogen and oxygen atoms in total. The second-order valence-electron chi connectivity index (χ2n) is 6.36. The molecule has 4 rings (SSSR count). The van der Waals surface area contributed by atoms with Crippen molar-refractivity contribution in [3.05, 3.63) is 47.3 Å². The van der Waals surface area contributed by atoms with Crippen molar-refractivity contribution in [2.75, 3.05) is 11.1 Å².